The van der Waals surface area contributed by atoms with Crippen LogP contribution in [0.4, 0.5) is 0 Å². The lowest BCUT2D eigenvalue weighted by molar-refractivity contribution is 0.918. The lowest BCUT2D eigenvalue weighted by atomic mass is 9.98. The van der Waals surface area contributed by atoms with Gasteiger partial charge in [-0.2, -0.15) is 0 Å². The predicted octanol–water partition coefficient (Wildman–Crippen LogP) is 4.71. The number of rotatable bonds is 2. The summed E-state index contributed by atoms with van der Waals surface area (Å²) in [6.45, 7) is 6.45. The predicted molar refractivity (Wildman–Crippen MR) is 81.4 cm³/mol. The Morgan fingerprint density at radius 1 is 0.947 bits per heavy atom. The molecule has 0 aliphatic heterocycles. The highest BCUT2D eigenvalue weighted by Crippen LogP contribution is 2.39. The summed E-state index contributed by atoms with van der Waals surface area (Å²) < 4.78 is 0.886. The highest BCUT2D eigenvalue weighted by Gasteiger charge is 2.27. The van der Waals surface area contributed by atoms with Gasteiger partial charge in [-0.3, -0.25) is 0 Å². The SMILES string of the molecule is Cc1cc(C)c(-c2cc(Br)nc(C3CC3)n2)cc1C. The topological polar surface area (TPSA) is 25.8 Å². The third-order valence-electron chi connectivity index (χ3n) is 3.77. The number of benzene rings is 1. The molecule has 0 amide bonds. The van der Waals surface area contributed by atoms with Crippen LogP contribution < -0.4 is 0 Å². The van der Waals surface area contributed by atoms with Gasteiger partial charge in [-0.25, -0.2) is 9.97 Å². The molecule has 3 rings (SSSR count). The lowest BCUT2D eigenvalue weighted by Gasteiger charge is -2.11. The smallest absolute Gasteiger partial charge is 0.133 e. The van der Waals surface area contributed by atoms with Crippen molar-refractivity contribution in [3.63, 3.8) is 0 Å². The summed E-state index contributed by atoms with van der Waals surface area (Å²) in [6.07, 6.45) is 2.45. The molecule has 1 aliphatic carbocycles. The molecule has 3 heteroatoms. The van der Waals surface area contributed by atoms with Crippen molar-refractivity contribution in [2.24, 2.45) is 0 Å². The third kappa shape index (κ3) is 2.57. The molecule has 2 aromatic rings. The summed E-state index contributed by atoms with van der Waals surface area (Å²) in [5.74, 6) is 1.56. The molecule has 0 radical (unpaired) electrons. The van der Waals surface area contributed by atoms with Crippen molar-refractivity contribution in [3.05, 3.63) is 45.3 Å². The van der Waals surface area contributed by atoms with Crippen molar-refractivity contribution < 1.29 is 0 Å². The molecule has 1 fully saturated rings. The van der Waals surface area contributed by atoms with Crippen molar-refractivity contribution in [1.29, 1.82) is 0 Å². The van der Waals surface area contributed by atoms with E-state index in [0.717, 1.165) is 16.1 Å². The Balaban J connectivity index is 2.13. The van der Waals surface area contributed by atoms with Gasteiger partial charge in [0.25, 0.3) is 0 Å². The Bertz CT molecular complexity index is 645. The van der Waals surface area contributed by atoms with Crippen LogP contribution in [-0.4, -0.2) is 9.97 Å². The van der Waals surface area contributed by atoms with Crippen LogP contribution in [0.3, 0.4) is 0 Å². The Hall–Kier alpha value is -1.22. The van der Waals surface area contributed by atoms with Gasteiger partial charge < -0.3 is 0 Å². The Kier molecular flexibility index (Phi) is 3.17. The molecule has 1 aliphatic rings. The zero-order valence-electron chi connectivity index (χ0n) is 11.5. The molecule has 1 saturated carbocycles. The summed E-state index contributed by atoms with van der Waals surface area (Å²) in [4.78, 5) is 9.25. The number of nitrogens with zero attached hydrogens (tertiary/aromatic N) is 2. The van der Waals surface area contributed by atoms with Crippen molar-refractivity contribution in [1.82, 2.24) is 9.97 Å². The first-order valence-electron chi connectivity index (χ1n) is 6.67. The molecule has 1 aromatic carbocycles. The molecule has 0 saturated heterocycles. The van der Waals surface area contributed by atoms with E-state index in [1.165, 1.54) is 35.1 Å². The first kappa shape index (κ1) is 12.8. The average molecular weight is 317 g/mol. The molecule has 0 spiro atoms. The van der Waals surface area contributed by atoms with Crippen LogP contribution in [0.15, 0.2) is 22.8 Å². The molecule has 1 heterocycles. The number of aryl methyl sites for hydroxylation is 3. The zero-order chi connectivity index (χ0) is 13.6. The number of halogens is 1. The van der Waals surface area contributed by atoms with Gasteiger partial charge in [0.1, 0.15) is 10.4 Å². The summed E-state index contributed by atoms with van der Waals surface area (Å²) >= 11 is 3.51. The molecular formula is C16H17BrN2. The monoisotopic (exact) mass is 316 g/mol. The molecule has 0 unspecified atom stereocenters. The van der Waals surface area contributed by atoms with Crippen molar-refractivity contribution >= 4 is 15.9 Å². The third-order valence-corrected chi connectivity index (χ3v) is 4.18. The number of hydrogen-bond donors (Lipinski definition) is 0. The van der Waals surface area contributed by atoms with Gasteiger partial charge in [-0.05, 0) is 78.4 Å². The Morgan fingerprint density at radius 3 is 2.32 bits per heavy atom. The highest BCUT2D eigenvalue weighted by atomic mass is 79.9. The van der Waals surface area contributed by atoms with Crippen molar-refractivity contribution in [3.8, 4) is 11.3 Å². The van der Waals surface area contributed by atoms with E-state index < -0.39 is 0 Å². The van der Waals surface area contributed by atoms with Crippen LogP contribution in [0.5, 0.6) is 0 Å². The van der Waals surface area contributed by atoms with Gasteiger partial charge >= 0.3 is 0 Å². The fourth-order valence-corrected chi connectivity index (χ4v) is 2.73. The van der Waals surface area contributed by atoms with Gasteiger partial charge in [0, 0.05) is 11.5 Å². The van der Waals surface area contributed by atoms with Crippen LogP contribution in [-0.2, 0) is 0 Å². The fraction of sp³-hybridized carbons (Fsp3) is 0.375. The maximum Gasteiger partial charge on any atom is 0.133 e. The van der Waals surface area contributed by atoms with E-state index in [1.54, 1.807) is 0 Å². The quantitative estimate of drug-likeness (QED) is 0.750. The molecule has 0 N–H and O–H groups in total. The van der Waals surface area contributed by atoms with Gasteiger partial charge in [-0.1, -0.05) is 6.07 Å². The fourth-order valence-electron chi connectivity index (χ4n) is 2.33. The Labute approximate surface area is 122 Å². The number of hydrogen-bond acceptors (Lipinski definition) is 2. The summed E-state index contributed by atoms with van der Waals surface area (Å²) in [6, 6.07) is 6.48. The van der Waals surface area contributed by atoms with Crippen LogP contribution in [0.1, 0.15) is 41.3 Å². The zero-order valence-corrected chi connectivity index (χ0v) is 13.1. The van der Waals surface area contributed by atoms with Gasteiger partial charge in [0.15, 0.2) is 0 Å². The second-order valence-corrected chi connectivity index (χ2v) is 6.27. The molecule has 98 valence electrons. The van der Waals surface area contributed by atoms with Crippen LogP contribution >= 0.6 is 15.9 Å². The molecule has 2 nitrogen and oxygen atoms in total. The van der Waals surface area contributed by atoms with Crippen molar-refractivity contribution in [2.75, 3.05) is 0 Å². The largest absolute Gasteiger partial charge is 0.233 e. The van der Waals surface area contributed by atoms with Crippen molar-refractivity contribution in [2.45, 2.75) is 39.5 Å². The normalized spacial score (nSPS) is 14.7. The minimum absolute atomic E-state index is 0.572. The van der Waals surface area contributed by atoms with Gasteiger partial charge in [0.05, 0.1) is 5.69 Å². The van der Waals surface area contributed by atoms with E-state index in [9.17, 15) is 0 Å². The van der Waals surface area contributed by atoms with E-state index in [1.807, 2.05) is 6.07 Å². The van der Waals surface area contributed by atoms with E-state index in [0.29, 0.717) is 5.92 Å². The number of aromatic nitrogens is 2. The second kappa shape index (κ2) is 4.71. The van der Waals surface area contributed by atoms with E-state index in [-0.39, 0.29) is 0 Å². The van der Waals surface area contributed by atoms with E-state index in [2.05, 4.69) is 53.8 Å². The van der Waals surface area contributed by atoms with E-state index in [4.69, 9.17) is 4.98 Å². The van der Waals surface area contributed by atoms with Crippen LogP contribution in [0.2, 0.25) is 0 Å². The highest BCUT2D eigenvalue weighted by molar-refractivity contribution is 9.10. The van der Waals surface area contributed by atoms with Crippen LogP contribution in [0.25, 0.3) is 11.3 Å². The molecule has 0 atom stereocenters. The summed E-state index contributed by atoms with van der Waals surface area (Å²) in [7, 11) is 0. The summed E-state index contributed by atoms with van der Waals surface area (Å²) in [5, 5.41) is 0. The van der Waals surface area contributed by atoms with Gasteiger partial charge in [-0.15, -0.1) is 0 Å². The minimum Gasteiger partial charge on any atom is -0.233 e. The van der Waals surface area contributed by atoms with E-state index >= 15 is 0 Å². The van der Waals surface area contributed by atoms with Crippen LogP contribution in [0, 0.1) is 20.8 Å². The molecule has 1 aromatic heterocycles. The summed E-state index contributed by atoms with van der Waals surface area (Å²) in [5.41, 5.74) is 6.16. The second-order valence-electron chi connectivity index (χ2n) is 5.46. The maximum absolute atomic E-state index is 4.76. The maximum atomic E-state index is 4.76. The van der Waals surface area contributed by atoms with Gasteiger partial charge in [0.2, 0.25) is 0 Å². The molecule has 19 heavy (non-hydrogen) atoms. The lowest BCUT2D eigenvalue weighted by Crippen LogP contribution is -1.97. The average Bonchev–Trinajstić information content (AvgIpc) is 3.17. The standard InChI is InChI=1S/C16H17BrN2/c1-9-6-11(3)13(7-10(9)2)14-8-15(17)19-16(18-14)12-4-5-12/h6-8,12H,4-5H2,1-3H3. The molecule has 0 bridgehead atoms. The first-order chi connectivity index (χ1) is 9.04. The Morgan fingerprint density at radius 2 is 1.63 bits per heavy atom. The molecular weight excluding hydrogens is 300 g/mol. The first-order valence-corrected chi connectivity index (χ1v) is 7.46. The minimum atomic E-state index is 0.572.